The molecule has 3 heterocycles. The molecule has 0 radical (unpaired) electrons. The van der Waals surface area contributed by atoms with Gasteiger partial charge in [0.2, 0.25) is 0 Å². The Morgan fingerprint density at radius 3 is 1.46 bits per heavy atom. The minimum atomic E-state index is -0.00600. The number of phenols is 2. The molecule has 8 aromatic rings. The van der Waals surface area contributed by atoms with Crippen LogP contribution in [-0.4, -0.2) is 33.9 Å². The number of aromatic nitrogens is 5. The van der Waals surface area contributed by atoms with Gasteiger partial charge in [-0.2, -0.15) is 0 Å². The molecule has 3 aromatic heterocycles. The number of phenolic OH excluding ortho intramolecular Hbond substituents is 2. The molecule has 7 heteroatoms. The van der Waals surface area contributed by atoms with Crippen LogP contribution in [0.2, 0.25) is 0 Å². The van der Waals surface area contributed by atoms with E-state index in [0.29, 0.717) is 5.69 Å². The second-order valence-electron chi connectivity index (χ2n) is 9.65. The topological polar surface area (TPSA) is 81.0 Å². The van der Waals surface area contributed by atoms with Gasteiger partial charge in [-0.05, 0) is 48.5 Å². The number of fused-ring (bicyclic) bond motifs is 5. The Hall–Kier alpha value is -5.56. The summed E-state index contributed by atoms with van der Waals surface area (Å²) in [5, 5.41) is 22.9. The Morgan fingerprint density at radius 1 is 0.462 bits per heavy atom. The Balaban J connectivity index is 1.44. The number of hydrogen-bond acceptors (Lipinski definition) is 4. The van der Waals surface area contributed by atoms with Crippen LogP contribution in [0.1, 0.15) is 0 Å². The van der Waals surface area contributed by atoms with Crippen molar-refractivity contribution in [2.24, 2.45) is 0 Å². The van der Waals surface area contributed by atoms with Gasteiger partial charge in [0.25, 0.3) is 0 Å². The van der Waals surface area contributed by atoms with Gasteiger partial charge in [0.1, 0.15) is 24.2 Å². The first kappa shape index (κ1) is 21.5. The molecule has 186 valence electrons. The zero-order valence-corrected chi connectivity index (χ0v) is 20.6. The summed E-state index contributed by atoms with van der Waals surface area (Å²) in [5.74, 6) is -0.0120. The van der Waals surface area contributed by atoms with Gasteiger partial charge in [-0.25, -0.2) is 9.97 Å². The molecule has 0 saturated carbocycles. The summed E-state index contributed by atoms with van der Waals surface area (Å²) in [6.45, 7) is 0. The van der Waals surface area contributed by atoms with Gasteiger partial charge in [-0.15, -0.1) is 0 Å². The second kappa shape index (κ2) is 7.97. The zero-order chi connectivity index (χ0) is 26.1. The van der Waals surface area contributed by atoms with E-state index in [-0.39, 0.29) is 11.5 Å². The molecule has 0 fully saturated rings. The number of nitrogens with zero attached hydrogens (tertiary/aromatic N) is 5. The highest BCUT2D eigenvalue weighted by molar-refractivity contribution is 6.10. The van der Waals surface area contributed by atoms with E-state index >= 15 is 0 Å². The first-order valence-corrected chi connectivity index (χ1v) is 12.6. The predicted molar refractivity (Wildman–Crippen MR) is 153 cm³/mol. The van der Waals surface area contributed by atoms with E-state index in [1.54, 1.807) is 12.1 Å². The lowest BCUT2D eigenvalue weighted by Crippen LogP contribution is -1.97. The maximum Gasteiger partial charge on any atom is 0.121 e. The molecule has 0 spiro atoms. The normalized spacial score (nSPS) is 11.8. The van der Waals surface area contributed by atoms with E-state index in [4.69, 9.17) is 0 Å². The lowest BCUT2D eigenvalue weighted by molar-refractivity contribution is 0.450. The van der Waals surface area contributed by atoms with Crippen molar-refractivity contribution in [1.29, 1.82) is 0 Å². The van der Waals surface area contributed by atoms with Crippen molar-refractivity contribution in [3.63, 3.8) is 0 Å². The highest BCUT2D eigenvalue weighted by Crippen LogP contribution is 2.37. The fourth-order valence-corrected chi connectivity index (χ4v) is 5.61. The van der Waals surface area contributed by atoms with Crippen LogP contribution in [0.3, 0.4) is 0 Å². The van der Waals surface area contributed by atoms with E-state index in [1.165, 1.54) is 6.07 Å². The third kappa shape index (κ3) is 3.23. The number of aromatic hydroxyl groups is 2. The molecule has 0 bridgehead atoms. The van der Waals surface area contributed by atoms with Crippen LogP contribution in [0.15, 0.2) is 116 Å². The predicted octanol–water partition coefficient (Wildman–Crippen LogP) is 6.87. The lowest BCUT2D eigenvalue weighted by Gasteiger charge is -2.11. The quantitative estimate of drug-likeness (QED) is 0.273. The van der Waals surface area contributed by atoms with Crippen molar-refractivity contribution >= 4 is 43.9 Å². The Bertz CT molecular complexity index is 2070. The van der Waals surface area contributed by atoms with Crippen LogP contribution in [-0.2, 0) is 0 Å². The molecule has 0 aliphatic rings. The van der Waals surface area contributed by atoms with E-state index in [0.717, 1.165) is 55.2 Å². The van der Waals surface area contributed by atoms with Gasteiger partial charge in [0.05, 0.1) is 38.8 Å². The monoisotopic (exact) mass is 507 g/mol. The molecule has 8 rings (SSSR count). The summed E-state index contributed by atoms with van der Waals surface area (Å²) in [5.41, 5.74) is 8.36. The van der Waals surface area contributed by atoms with Gasteiger partial charge in [0, 0.05) is 40.3 Å². The summed E-state index contributed by atoms with van der Waals surface area (Å²) in [6.07, 6.45) is 3.67. The van der Waals surface area contributed by atoms with Crippen LogP contribution in [0.5, 0.6) is 11.5 Å². The lowest BCUT2D eigenvalue weighted by atomic mass is 10.1. The maximum atomic E-state index is 10.4. The van der Waals surface area contributed by atoms with Crippen molar-refractivity contribution in [1.82, 2.24) is 23.7 Å². The Labute approximate surface area is 222 Å². The minimum absolute atomic E-state index is 0.00600. The van der Waals surface area contributed by atoms with Crippen molar-refractivity contribution < 1.29 is 10.2 Å². The van der Waals surface area contributed by atoms with E-state index < -0.39 is 0 Å². The van der Waals surface area contributed by atoms with Crippen molar-refractivity contribution in [2.45, 2.75) is 0 Å². The summed E-state index contributed by atoms with van der Waals surface area (Å²) in [6, 6.07) is 33.4. The van der Waals surface area contributed by atoms with Gasteiger partial charge in [-0.1, -0.05) is 36.4 Å². The number of benzene rings is 5. The van der Waals surface area contributed by atoms with Crippen molar-refractivity contribution in [3.8, 4) is 28.6 Å². The highest BCUT2D eigenvalue weighted by Gasteiger charge is 2.17. The molecule has 5 aromatic carbocycles. The van der Waals surface area contributed by atoms with Crippen molar-refractivity contribution in [2.75, 3.05) is 0 Å². The fourth-order valence-electron chi connectivity index (χ4n) is 5.61. The van der Waals surface area contributed by atoms with Crippen molar-refractivity contribution in [3.05, 3.63) is 116 Å². The van der Waals surface area contributed by atoms with E-state index in [9.17, 15) is 10.2 Å². The summed E-state index contributed by atoms with van der Waals surface area (Å²) in [7, 11) is 0. The molecular formula is C32H21N5O2. The number of imidazole rings is 2. The number of rotatable bonds is 3. The van der Waals surface area contributed by atoms with Crippen LogP contribution in [0, 0.1) is 0 Å². The zero-order valence-electron chi connectivity index (χ0n) is 20.6. The smallest absolute Gasteiger partial charge is 0.121 e. The number of para-hydroxylation sites is 4. The standard InChI is InChI=1S/C32H21N5O2/c38-23-13-22(14-24(39)17-23)37-31-15-20(35-18-33-27-5-1-3-7-29(27)35)9-11-25(31)26-12-10-21(16-32(26)37)36-19-34-28-6-2-4-8-30(28)36/h1-19,38-39H. The summed E-state index contributed by atoms with van der Waals surface area (Å²) < 4.78 is 6.22. The van der Waals surface area contributed by atoms with Gasteiger partial charge in [0.15, 0.2) is 0 Å². The van der Waals surface area contributed by atoms with Crippen LogP contribution < -0.4 is 0 Å². The van der Waals surface area contributed by atoms with Gasteiger partial charge < -0.3 is 14.8 Å². The summed E-state index contributed by atoms with van der Waals surface area (Å²) >= 11 is 0. The molecule has 0 aliphatic heterocycles. The fraction of sp³-hybridized carbons (Fsp3) is 0. The first-order valence-electron chi connectivity index (χ1n) is 12.6. The molecule has 0 atom stereocenters. The maximum absolute atomic E-state index is 10.4. The SMILES string of the molecule is Oc1cc(O)cc(-n2c3cc(-n4cnc5ccccc54)ccc3c3ccc(-n4cnc5ccccc54)cc32)c1. The molecule has 2 N–H and O–H groups in total. The average Bonchev–Trinajstić information content (AvgIpc) is 3.65. The molecule has 7 nitrogen and oxygen atoms in total. The third-order valence-electron chi connectivity index (χ3n) is 7.34. The first-order chi connectivity index (χ1) is 19.1. The summed E-state index contributed by atoms with van der Waals surface area (Å²) in [4.78, 5) is 9.14. The molecule has 0 amide bonds. The van der Waals surface area contributed by atoms with Crippen LogP contribution >= 0.6 is 0 Å². The average molecular weight is 508 g/mol. The Kier molecular flexibility index (Phi) is 4.40. The molecule has 0 saturated heterocycles. The minimum Gasteiger partial charge on any atom is -0.508 e. The highest BCUT2D eigenvalue weighted by atomic mass is 16.3. The van der Waals surface area contributed by atoms with E-state index in [1.807, 2.05) is 49.1 Å². The molecular weight excluding hydrogens is 486 g/mol. The number of hydrogen-bond donors (Lipinski definition) is 2. The van der Waals surface area contributed by atoms with Gasteiger partial charge >= 0.3 is 0 Å². The molecule has 0 unspecified atom stereocenters. The third-order valence-corrected chi connectivity index (χ3v) is 7.34. The van der Waals surface area contributed by atoms with Crippen LogP contribution in [0.4, 0.5) is 0 Å². The Morgan fingerprint density at radius 2 is 0.949 bits per heavy atom. The van der Waals surface area contributed by atoms with Crippen LogP contribution in [0.25, 0.3) is 60.9 Å². The largest absolute Gasteiger partial charge is 0.508 e. The van der Waals surface area contributed by atoms with E-state index in [2.05, 4.69) is 72.2 Å². The molecule has 39 heavy (non-hydrogen) atoms. The van der Waals surface area contributed by atoms with Gasteiger partial charge in [-0.3, -0.25) is 9.13 Å². The second-order valence-corrected chi connectivity index (χ2v) is 9.65. The molecule has 0 aliphatic carbocycles.